The molecule has 0 aliphatic carbocycles. The highest BCUT2D eigenvalue weighted by Gasteiger charge is 2.24. The Hall–Kier alpha value is -1.06. The third-order valence-electron chi connectivity index (χ3n) is 4.29. The Bertz CT molecular complexity index is 408. The Kier molecular flexibility index (Phi) is 5.86. The van der Waals surface area contributed by atoms with Gasteiger partial charge in [-0.15, -0.1) is 0 Å². The van der Waals surface area contributed by atoms with Crippen molar-refractivity contribution in [2.75, 3.05) is 26.2 Å². The minimum absolute atomic E-state index is 0.281. The van der Waals surface area contributed by atoms with Crippen LogP contribution in [0.2, 0.25) is 0 Å². The van der Waals surface area contributed by atoms with E-state index in [1.807, 2.05) is 13.0 Å². The molecule has 1 aromatic carbocycles. The first-order valence-electron chi connectivity index (χ1n) is 7.92. The molecule has 1 aromatic rings. The van der Waals surface area contributed by atoms with Crippen LogP contribution in [0.4, 0.5) is 0 Å². The maximum Gasteiger partial charge on any atom is 0.124 e. The lowest BCUT2D eigenvalue weighted by Gasteiger charge is -2.31. The maximum absolute atomic E-state index is 6.09. The predicted molar refractivity (Wildman–Crippen MR) is 84.0 cm³/mol. The molecular weight excluding hydrogens is 248 g/mol. The van der Waals surface area contributed by atoms with E-state index < -0.39 is 0 Å². The Morgan fingerprint density at radius 2 is 2.10 bits per heavy atom. The van der Waals surface area contributed by atoms with Crippen LogP contribution in [0.5, 0.6) is 5.75 Å². The smallest absolute Gasteiger partial charge is 0.124 e. The largest absolute Gasteiger partial charge is 0.494 e. The first-order chi connectivity index (χ1) is 9.76. The molecule has 3 nitrogen and oxygen atoms in total. The summed E-state index contributed by atoms with van der Waals surface area (Å²) < 4.78 is 5.78. The van der Waals surface area contributed by atoms with Gasteiger partial charge in [-0.1, -0.05) is 25.1 Å². The van der Waals surface area contributed by atoms with Crippen molar-refractivity contribution in [3.8, 4) is 5.75 Å². The summed E-state index contributed by atoms with van der Waals surface area (Å²) in [6, 6.07) is 8.62. The van der Waals surface area contributed by atoms with Crippen molar-refractivity contribution in [2.24, 2.45) is 11.7 Å². The van der Waals surface area contributed by atoms with Crippen LogP contribution in [0.3, 0.4) is 0 Å². The quantitative estimate of drug-likeness (QED) is 0.897. The first kappa shape index (κ1) is 15.3. The number of nitrogens with two attached hydrogens (primary N) is 1. The van der Waals surface area contributed by atoms with Crippen molar-refractivity contribution >= 4 is 0 Å². The van der Waals surface area contributed by atoms with E-state index >= 15 is 0 Å². The van der Waals surface area contributed by atoms with Gasteiger partial charge in [0.05, 0.1) is 12.6 Å². The molecule has 112 valence electrons. The molecule has 2 rings (SSSR count). The standard InChI is InChI=1S/C17H28N2O/c1-3-20-17-9-5-4-8-15(17)16(13-18)19-11-6-7-14(2)10-12-19/h4-5,8-9,14,16H,3,6-7,10-13,18H2,1-2H3. The second-order valence-electron chi connectivity index (χ2n) is 5.79. The van der Waals surface area contributed by atoms with Crippen LogP contribution < -0.4 is 10.5 Å². The molecule has 1 heterocycles. The Labute approximate surface area is 123 Å². The molecule has 1 aliphatic rings. The molecule has 1 fully saturated rings. The van der Waals surface area contributed by atoms with Crippen LogP contribution in [-0.2, 0) is 0 Å². The van der Waals surface area contributed by atoms with Gasteiger partial charge in [-0.3, -0.25) is 4.90 Å². The van der Waals surface area contributed by atoms with E-state index in [0.29, 0.717) is 13.2 Å². The summed E-state index contributed by atoms with van der Waals surface area (Å²) in [7, 11) is 0. The fourth-order valence-corrected chi connectivity index (χ4v) is 3.11. The summed E-state index contributed by atoms with van der Waals surface area (Å²) >= 11 is 0. The molecule has 3 heteroatoms. The van der Waals surface area contributed by atoms with Crippen LogP contribution in [0.1, 0.15) is 44.7 Å². The lowest BCUT2D eigenvalue weighted by atomic mass is 10.0. The van der Waals surface area contributed by atoms with Crippen molar-refractivity contribution in [3.63, 3.8) is 0 Å². The number of para-hydroxylation sites is 1. The zero-order valence-corrected chi connectivity index (χ0v) is 12.8. The lowest BCUT2D eigenvalue weighted by Crippen LogP contribution is -2.35. The van der Waals surface area contributed by atoms with E-state index in [1.165, 1.54) is 24.8 Å². The van der Waals surface area contributed by atoms with E-state index in [1.54, 1.807) is 0 Å². The number of rotatable bonds is 5. The Morgan fingerprint density at radius 3 is 2.85 bits per heavy atom. The van der Waals surface area contributed by atoms with Gasteiger partial charge in [0.1, 0.15) is 5.75 Å². The van der Waals surface area contributed by atoms with E-state index in [2.05, 4.69) is 30.0 Å². The molecule has 0 spiro atoms. The highest BCUT2D eigenvalue weighted by Crippen LogP contribution is 2.31. The second-order valence-corrected chi connectivity index (χ2v) is 5.79. The summed E-state index contributed by atoms with van der Waals surface area (Å²) in [5, 5.41) is 0. The third-order valence-corrected chi connectivity index (χ3v) is 4.29. The average molecular weight is 276 g/mol. The van der Waals surface area contributed by atoms with Gasteiger partial charge in [-0.25, -0.2) is 0 Å². The molecule has 1 aliphatic heterocycles. The van der Waals surface area contributed by atoms with Crippen molar-refractivity contribution in [3.05, 3.63) is 29.8 Å². The van der Waals surface area contributed by atoms with Crippen molar-refractivity contribution in [1.29, 1.82) is 0 Å². The molecule has 0 amide bonds. The van der Waals surface area contributed by atoms with Crippen molar-refractivity contribution < 1.29 is 4.74 Å². The Balaban J connectivity index is 2.18. The second kappa shape index (κ2) is 7.65. The van der Waals surface area contributed by atoms with Gasteiger partial charge in [-0.05, 0) is 51.3 Å². The molecule has 0 radical (unpaired) electrons. The van der Waals surface area contributed by atoms with Crippen molar-refractivity contribution in [1.82, 2.24) is 4.90 Å². The number of nitrogens with zero attached hydrogens (tertiary/aromatic N) is 1. The van der Waals surface area contributed by atoms with Gasteiger partial charge in [-0.2, -0.15) is 0 Å². The monoisotopic (exact) mass is 276 g/mol. The normalized spacial score (nSPS) is 22.2. The highest BCUT2D eigenvalue weighted by molar-refractivity contribution is 5.36. The SMILES string of the molecule is CCOc1ccccc1C(CN)N1CCCC(C)CC1. The molecule has 2 unspecified atom stereocenters. The number of likely N-dealkylation sites (tertiary alicyclic amines) is 1. The van der Waals surface area contributed by atoms with E-state index in [0.717, 1.165) is 24.8 Å². The van der Waals surface area contributed by atoms with E-state index in [9.17, 15) is 0 Å². The van der Waals surface area contributed by atoms with Gasteiger partial charge in [0.15, 0.2) is 0 Å². The molecule has 0 saturated carbocycles. The molecule has 2 atom stereocenters. The number of ether oxygens (including phenoxy) is 1. The molecule has 0 aromatic heterocycles. The summed E-state index contributed by atoms with van der Waals surface area (Å²) in [6.45, 7) is 8.02. The molecule has 2 N–H and O–H groups in total. The fourth-order valence-electron chi connectivity index (χ4n) is 3.11. The van der Waals surface area contributed by atoms with Crippen LogP contribution >= 0.6 is 0 Å². The predicted octanol–water partition coefficient (Wildman–Crippen LogP) is 3.21. The van der Waals surface area contributed by atoms with Crippen LogP contribution in [0.15, 0.2) is 24.3 Å². The highest BCUT2D eigenvalue weighted by atomic mass is 16.5. The van der Waals surface area contributed by atoms with Gasteiger partial charge in [0.25, 0.3) is 0 Å². The number of hydrogen-bond acceptors (Lipinski definition) is 3. The van der Waals surface area contributed by atoms with Gasteiger partial charge >= 0.3 is 0 Å². The summed E-state index contributed by atoms with van der Waals surface area (Å²) in [5.74, 6) is 1.82. The first-order valence-corrected chi connectivity index (χ1v) is 7.92. The molecule has 20 heavy (non-hydrogen) atoms. The Morgan fingerprint density at radius 1 is 1.30 bits per heavy atom. The van der Waals surface area contributed by atoms with Gasteiger partial charge in [0.2, 0.25) is 0 Å². The zero-order chi connectivity index (χ0) is 14.4. The summed E-state index contributed by atoms with van der Waals surface area (Å²) in [6.07, 6.45) is 3.88. The van der Waals surface area contributed by atoms with E-state index in [-0.39, 0.29) is 6.04 Å². The minimum Gasteiger partial charge on any atom is -0.494 e. The third kappa shape index (κ3) is 3.74. The topological polar surface area (TPSA) is 38.5 Å². The van der Waals surface area contributed by atoms with Gasteiger partial charge in [0, 0.05) is 12.1 Å². The zero-order valence-electron chi connectivity index (χ0n) is 12.8. The summed E-state index contributed by atoms with van der Waals surface area (Å²) in [4.78, 5) is 2.54. The van der Waals surface area contributed by atoms with Crippen molar-refractivity contribution in [2.45, 2.75) is 39.2 Å². The number of hydrogen-bond donors (Lipinski definition) is 1. The van der Waals surface area contributed by atoms with Crippen LogP contribution in [0.25, 0.3) is 0 Å². The molecule has 1 saturated heterocycles. The molecular formula is C17H28N2O. The fraction of sp³-hybridized carbons (Fsp3) is 0.647. The minimum atomic E-state index is 0.281. The number of benzene rings is 1. The van der Waals surface area contributed by atoms with Crippen LogP contribution in [0, 0.1) is 5.92 Å². The maximum atomic E-state index is 6.09. The van der Waals surface area contributed by atoms with E-state index in [4.69, 9.17) is 10.5 Å². The molecule has 0 bridgehead atoms. The van der Waals surface area contributed by atoms with Gasteiger partial charge < -0.3 is 10.5 Å². The van der Waals surface area contributed by atoms with Crippen LogP contribution in [-0.4, -0.2) is 31.1 Å². The average Bonchev–Trinajstić information content (AvgIpc) is 2.67. The lowest BCUT2D eigenvalue weighted by molar-refractivity contribution is 0.201. The summed E-state index contributed by atoms with van der Waals surface area (Å²) in [5.41, 5.74) is 7.33.